The summed E-state index contributed by atoms with van der Waals surface area (Å²) in [5.74, 6) is -1.93. The van der Waals surface area contributed by atoms with Gasteiger partial charge in [0.15, 0.2) is 5.78 Å². The Morgan fingerprint density at radius 1 is 1.12 bits per heavy atom. The first-order valence-electron chi connectivity index (χ1n) is 7.90. The molecule has 132 valence electrons. The minimum atomic E-state index is -4.21. The van der Waals surface area contributed by atoms with Crippen LogP contribution in [0.25, 0.3) is 0 Å². The molecule has 24 heavy (non-hydrogen) atoms. The highest BCUT2D eigenvalue weighted by Crippen LogP contribution is 2.37. The molecule has 0 aromatic heterocycles. The SMILES string of the molecule is O=C(CCC(=O)c1ccc(Cl)cc1)NC1CCCC(C(F)(F)F)C1. The van der Waals surface area contributed by atoms with E-state index in [1.165, 1.54) is 0 Å². The molecule has 2 atom stereocenters. The fourth-order valence-corrected chi connectivity index (χ4v) is 3.05. The lowest BCUT2D eigenvalue weighted by Gasteiger charge is -2.31. The van der Waals surface area contributed by atoms with Crippen molar-refractivity contribution in [3.63, 3.8) is 0 Å². The van der Waals surface area contributed by atoms with E-state index >= 15 is 0 Å². The molecule has 0 heterocycles. The molecule has 1 aliphatic carbocycles. The molecule has 1 aliphatic rings. The predicted octanol–water partition coefficient (Wildman–Crippen LogP) is 4.54. The van der Waals surface area contributed by atoms with Crippen LogP contribution in [0.5, 0.6) is 0 Å². The maximum Gasteiger partial charge on any atom is 0.391 e. The number of hydrogen-bond donors (Lipinski definition) is 1. The summed E-state index contributed by atoms with van der Waals surface area (Å²) in [7, 11) is 0. The number of ketones is 1. The summed E-state index contributed by atoms with van der Waals surface area (Å²) in [6.07, 6.45) is -3.21. The van der Waals surface area contributed by atoms with Crippen molar-refractivity contribution in [3.8, 4) is 0 Å². The van der Waals surface area contributed by atoms with Gasteiger partial charge in [-0.3, -0.25) is 9.59 Å². The smallest absolute Gasteiger partial charge is 0.353 e. The van der Waals surface area contributed by atoms with Gasteiger partial charge in [0.1, 0.15) is 0 Å². The molecule has 3 nitrogen and oxygen atoms in total. The van der Waals surface area contributed by atoms with Gasteiger partial charge in [0.05, 0.1) is 5.92 Å². The van der Waals surface area contributed by atoms with Gasteiger partial charge in [-0.05, 0) is 43.5 Å². The van der Waals surface area contributed by atoms with Crippen molar-refractivity contribution >= 4 is 23.3 Å². The van der Waals surface area contributed by atoms with Crippen LogP contribution in [0.2, 0.25) is 5.02 Å². The molecule has 0 bridgehead atoms. The van der Waals surface area contributed by atoms with Crippen molar-refractivity contribution in [2.24, 2.45) is 5.92 Å². The first kappa shape index (κ1) is 18.8. The lowest BCUT2D eigenvalue weighted by atomic mass is 9.85. The maximum absolute atomic E-state index is 12.8. The van der Waals surface area contributed by atoms with Crippen LogP contribution in [0, 0.1) is 5.92 Å². The number of benzene rings is 1. The van der Waals surface area contributed by atoms with Gasteiger partial charge in [-0.25, -0.2) is 0 Å². The average Bonchev–Trinajstić information content (AvgIpc) is 2.53. The minimum absolute atomic E-state index is 0.0168. The number of carbonyl (C=O) groups is 2. The number of Topliss-reactive ketones (excluding diaryl/α,β-unsaturated/α-hetero) is 1. The number of nitrogens with one attached hydrogen (secondary N) is 1. The number of alkyl halides is 3. The summed E-state index contributed by atoms with van der Waals surface area (Å²) in [6.45, 7) is 0. The largest absolute Gasteiger partial charge is 0.391 e. The van der Waals surface area contributed by atoms with Crippen LogP contribution >= 0.6 is 11.6 Å². The van der Waals surface area contributed by atoms with E-state index in [1.54, 1.807) is 24.3 Å². The normalized spacial score (nSPS) is 21.3. The molecule has 1 saturated carbocycles. The van der Waals surface area contributed by atoms with Crippen molar-refractivity contribution in [2.45, 2.75) is 50.7 Å². The third kappa shape index (κ3) is 5.51. The van der Waals surface area contributed by atoms with E-state index in [4.69, 9.17) is 11.6 Å². The molecule has 7 heteroatoms. The second-order valence-electron chi connectivity index (χ2n) is 6.10. The first-order valence-corrected chi connectivity index (χ1v) is 8.28. The zero-order chi connectivity index (χ0) is 17.7. The summed E-state index contributed by atoms with van der Waals surface area (Å²) in [5, 5.41) is 3.14. The Balaban J connectivity index is 1.78. The van der Waals surface area contributed by atoms with Crippen molar-refractivity contribution in [3.05, 3.63) is 34.9 Å². The van der Waals surface area contributed by atoms with Gasteiger partial charge < -0.3 is 5.32 Å². The number of rotatable bonds is 5. The Morgan fingerprint density at radius 3 is 2.42 bits per heavy atom. The molecule has 1 aromatic rings. The lowest BCUT2D eigenvalue weighted by molar-refractivity contribution is -0.184. The van der Waals surface area contributed by atoms with Crippen molar-refractivity contribution in [1.82, 2.24) is 5.32 Å². The van der Waals surface area contributed by atoms with E-state index < -0.39 is 18.1 Å². The molecular formula is C17H19ClF3NO2. The zero-order valence-electron chi connectivity index (χ0n) is 13.0. The van der Waals surface area contributed by atoms with Crippen molar-refractivity contribution in [2.75, 3.05) is 0 Å². The second kappa shape index (κ2) is 8.01. The van der Waals surface area contributed by atoms with Crippen LogP contribution in [0.15, 0.2) is 24.3 Å². The standard InChI is InChI=1S/C17H19ClF3NO2/c18-13-6-4-11(5-7-13)15(23)8-9-16(24)22-14-3-1-2-12(10-14)17(19,20)21/h4-7,12,14H,1-3,8-10H2,(H,22,24). The highest BCUT2D eigenvalue weighted by atomic mass is 35.5. The van der Waals surface area contributed by atoms with E-state index in [2.05, 4.69) is 5.32 Å². The van der Waals surface area contributed by atoms with Crippen molar-refractivity contribution < 1.29 is 22.8 Å². The molecule has 1 N–H and O–H groups in total. The van der Waals surface area contributed by atoms with Crippen LogP contribution in [0.3, 0.4) is 0 Å². The number of carbonyl (C=O) groups excluding carboxylic acids is 2. The zero-order valence-corrected chi connectivity index (χ0v) is 13.8. The van der Waals surface area contributed by atoms with E-state index in [-0.39, 0.29) is 37.4 Å². The monoisotopic (exact) mass is 361 g/mol. The fraction of sp³-hybridized carbons (Fsp3) is 0.529. The van der Waals surface area contributed by atoms with Gasteiger partial charge in [-0.15, -0.1) is 0 Å². The Kier molecular flexibility index (Phi) is 6.27. The van der Waals surface area contributed by atoms with Gasteiger partial charge in [-0.1, -0.05) is 18.0 Å². The van der Waals surface area contributed by atoms with Crippen LogP contribution in [-0.2, 0) is 4.79 Å². The number of hydrogen-bond acceptors (Lipinski definition) is 2. The van der Waals surface area contributed by atoms with Gasteiger partial charge >= 0.3 is 6.18 Å². The third-order valence-corrected chi connectivity index (χ3v) is 4.50. The second-order valence-corrected chi connectivity index (χ2v) is 6.54. The Bertz CT molecular complexity index is 586. The van der Waals surface area contributed by atoms with Crippen LogP contribution in [-0.4, -0.2) is 23.9 Å². The quantitative estimate of drug-likeness (QED) is 0.782. The topological polar surface area (TPSA) is 46.2 Å². The Morgan fingerprint density at radius 2 is 1.79 bits per heavy atom. The molecule has 0 aliphatic heterocycles. The summed E-state index contributed by atoms with van der Waals surface area (Å²) >= 11 is 5.74. The van der Waals surface area contributed by atoms with E-state index in [0.29, 0.717) is 23.4 Å². The summed E-state index contributed by atoms with van der Waals surface area (Å²) in [5.41, 5.74) is 0.460. The summed E-state index contributed by atoms with van der Waals surface area (Å²) < 4.78 is 38.3. The predicted molar refractivity (Wildman–Crippen MR) is 85.0 cm³/mol. The highest BCUT2D eigenvalue weighted by molar-refractivity contribution is 6.30. The maximum atomic E-state index is 12.8. The van der Waals surface area contributed by atoms with E-state index in [9.17, 15) is 22.8 Å². The highest BCUT2D eigenvalue weighted by Gasteiger charge is 2.42. The van der Waals surface area contributed by atoms with Gasteiger partial charge in [-0.2, -0.15) is 13.2 Å². The van der Waals surface area contributed by atoms with Crippen molar-refractivity contribution in [1.29, 1.82) is 0 Å². The van der Waals surface area contributed by atoms with Gasteiger partial charge in [0.2, 0.25) is 5.91 Å². The molecule has 2 rings (SSSR count). The van der Waals surface area contributed by atoms with E-state index in [1.807, 2.05) is 0 Å². The molecule has 0 radical (unpaired) electrons. The third-order valence-electron chi connectivity index (χ3n) is 4.25. The molecule has 1 aromatic carbocycles. The molecule has 2 unspecified atom stereocenters. The first-order chi connectivity index (χ1) is 11.3. The molecule has 1 amide bonds. The minimum Gasteiger partial charge on any atom is -0.353 e. The summed E-state index contributed by atoms with van der Waals surface area (Å²) in [4.78, 5) is 23.9. The van der Waals surface area contributed by atoms with Gasteiger partial charge in [0, 0.05) is 29.5 Å². The molecule has 1 fully saturated rings. The fourth-order valence-electron chi connectivity index (χ4n) is 2.93. The van der Waals surface area contributed by atoms with Crippen LogP contribution < -0.4 is 5.32 Å². The Hall–Kier alpha value is -1.56. The average molecular weight is 362 g/mol. The molecular weight excluding hydrogens is 343 g/mol. The van der Waals surface area contributed by atoms with Crippen LogP contribution in [0.1, 0.15) is 48.9 Å². The van der Waals surface area contributed by atoms with E-state index in [0.717, 1.165) is 0 Å². The summed E-state index contributed by atoms with van der Waals surface area (Å²) in [6, 6.07) is 5.88. The molecule has 0 spiro atoms. The Labute approximate surface area is 143 Å². The number of amides is 1. The number of halogens is 4. The van der Waals surface area contributed by atoms with Gasteiger partial charge in [0.25, 0.3) is 0 Å². The lowest BCUT2D eigenvalue weighted by Crippen LogP contribution is -2.41. The van der Waals surface area contributed by atoms with Crippen LogP contribution in [0.4, 0.5) is 13.2 Å². The molecule has 0 saturated heterocycles.